The van der Waals surface area contributed by atoms with Crippen molar-refractivity contribution in [1.29, 1.82) is 0 Å². The summed E-state index contributed by atoms with van der Waals surface area (Å²) in [5.41, 5.74) is 1.08. The summed E-state index contributed by atoms with van der Waals surface area (Å²) in [5.74, 6) is 0.348. The molecule has 2 aromatic carbocycles. The van der Waals surface area contributed by atoms with E-state index in [1.807, 2.05) is 6.07 Å². The number of carbonyl (C=O) groups excluding carboxylic acids is 1. The first-order valence-electron chi connectivity index (χ1n) is 9.22. The van der Waals surface area contributed by atoms with Crippen molar-refractivity contribution in [3.63, 3.8) is 0 Å². The fourth-order valence-electron chi connectivity index (χ4n) is 2.86. The van der Waals surface area contributed by atoms with E-state index in [4.69, 9.17) is 21.1 Å². The van der Waals surface area contributed by atoms with Gasteiger partial charge >= 0.3 is 0 Å². The van der Waals surface area contributed by atoms with Crippen LogP contribution in [0.2, 0.25) is 5.02 Å². The molecule has 1 aliphatic heterocycles. The van der Waals surface area contributed by atoms with Crippen LogP contribution in [-0.4, -0.2) is 55.1 Å². The number of nitro benzene ring substituents is 1. The topological polar surface area (TPSA) is 81.9 Å². The number of hydrogen-bond donors (Lipinski definition) is 0. The van der Waals surface area contributed by atoms with Crippen LogP contribution in [0.15, 0.2) is 48.5 Å². The number of nitrogens with zero attached hydrogens (tertiary/aromatic N) is 2. The van der Waals surface area contributed by atoms with Crippen molar-refractivity contribution in [2.75, 3.05) is 39.5 Å². The summed E-state index contributed by atoms with van der Waals surface area (Å²) in [5, 5.41) is 11.1. The Balaban J connectivity index is 1.54. The highest BCUT2D eigenvalue weighted by molar-refractivity contribution is 6.32. The maximum absolute atomic E-state index is 12.2. The summed E-state index contributed by atoms with van der Waals surface area (Å²) in [6.07, 6.45) is 3.05. The Labute approximate surface area is 173 Å². The van der Waals surface area contributed by atoms with Gasteiger partial charge in [-0.25, -0.2) is 0 Å². The van der Waals surface area contributed by atoms with Crippen molar-refractivity contribution < 1.29 is 19.2 Å². The molecule has 152 valence electrons. The lowest BCUT2D eigenvalue weighted by molar-refractivity contribution is -0.384. The van der Waals surface area contributed by atoms with Gasteiger partial charge in [0.2, 0.25) is 0 Å². The van der Waals surface area contributed by atoms with E-state index in [-0.39, 0.29) is 11.5 Å². The summed E-state index contributed by atoms with van der Waals surface area (Å²) in [7, 11) is 0. The zero-order valence-corrected chi connectivity index (χ0v) is 16.5. The molecular formula is C21H21ClN2O5. The molecule has 0 amide bonds. The minimum Gasteiger partial charge on any atom is -0.491 e. The van der Waals surface area contributed by atoms with Gasteiger partial charge in [0, 0.05) is 37.3 Å². The molecule has 3 rings (SSSR count). The quantitative estimate of drug-likeness (QED) is 0.281. The molecule has 0 saturated carbocycles. The first kappa shape index (κ1) is 21.0. The molecule has 0 bridgehead atoms. The Bertz CT molecular complexity index is 892. The molecule has 0 unspecified atom stereocenters. The monoisotopic (exact) mass is 416 g/mol. The van der Waals surface area contributed by atoms with Gasteiger partial charge < -0.3 is 9.47 Å². The third-order valence-corrected chi connectivity index (χ3v) is 4.81. The number of non-ortho nitro benzene ring substituents is 1. The van der Waals surface area contributed by atoms with Gasteiger partial charge in [-0.05, 0) is 35.9 Å². The lowest BCUT2D eigenvalue weighted by Gasteiger charge is -2.26. The average Bonchev–Trinajstić information content (AvgIpc) is 2.74. The van der Waals surface area contributed by atoms with Crippen LogP contribution in [0.3, 0.4) is 0 Å². The number of benzene rings is 2. The second-order valence-corrected chi connectivity index (χ2v) is 6.90. The van der Waals surface area contributed by atoms with Crippen LogP contribution in [0.25, 0.3) is 6.08 Å². The number of ketones is 1. The molecular weight excluding hydrogens is 396 g/mol. The minimum absolute atomic E-state index is 0.0541. The van der Waals surface area contributed by atoms with E-state index in [9.17, 15) is 14.9 Å². The van der Waals surface area contributed by atoms with Crippen molar-refractivity contribution in [3.8, 4) is 5.75 Å². The first-order valence-corrected chi connectivity index (χ1v) is 9.60. The molecule has 0 N–H and O–H groups in total. The number of rotatable bonds is 8. The van der Waals surface area contributed by atoms with E-state index in [1.165, 1.54) is 30.3 Å². The second kappa shape index (κ2) is 10.2. The van der Waals surface area contributed by atoms with Crippen molar-refractivity contribution in [1.82, 2.24) is 4.90 Å². The molecule has 0 radical (unpaired) electrons. The van der Waals surface area contributed by atoms with Crippen molar-refractivity contribution in [2.45, 2.75) is 0 Å². The van der Waals surface area contributed by atoms with Gasteiger partial charge in [0.05, 0.1) is 23.2 Å². The van der Waals surface area contributed by atoms with E-state index in [2.05, 4.69) is 4.90 Å². The first-order chi connectivity index (χ1) is 14.0. The van der Waals surface area contributed by atoms with Crippen LogP contribution in [0.4, 0.5) is 5.69 Å². The van der Waals surface area contributed by atoms with Gasteiger partial charge in [-0.1, -0.05) is 23.7 Å². The number of carbonyl (C=O) groups is 1. The van der Waals surface area contributed by atoms with Gasteiger partial charge in [-0.3, -0.25) is 19.8 Å². The van der Waals surface area contributed by atoms with E-state index in [1.54, 1.807) is 18.2 Å². The van der Waals surface area contributed by atoms with Crippen molar-refractivity contribution in [2.24, 2.45) is 0 Å². The third kappa shape index (κ3) is 6.12. The smallest absolute Gasteiger partial charge is 0.269 e. The molecule has 29 heavy (non-hydrogen) atoms. The van der Waals surface area contributed by atoms with Crippen molar-refractivity contribution in [3.05, 3.63) is 74.8 Å². The maximum Gasteiger partial charge on any atom is 0.269 e. The van der Waals surface area contributed by atoms with Crippen LogP contribution in [0.1, 0.15) is 15.9 Å². The highest BCUT2D eigenvalue weighted by Crippen LogP contribution is 2.26. The SMILES string of the molecule is O=C(C=Cc1ccc(OCCN2CCOCC2)c(Cl)c1)c1ccc([N+](=O)[O-])cc1. The zero-order chi connectivity index (χ0) is 20.6. The Kier molecular flexibility index (Phi) is 7.35. The number of halogens is 1. The Morgan fingerprint density at radius 3 is 2.59 bits per heavy atom. The van der Waals surface area contributed by atoms with E-state index in [0.29, 0.717) is 22.9 Å². The van der Waals surface area contributed by atoms with Gasteiger partial charge in [0.15, 0.2) is 5.78 Å². The van der Waals surface area contributed by atoms with Crippen LogP contribution < -0.4 is 4.74 Å². The number of ether oxygens (including phenoxy) is 2. The summed E-state index contributed by atoms with van der Waals surface area (Å²) in [4.78, 5) is 24.7. The predicted molar refractivity (Wildman–Crippen MR) is 111 cm³/mol. The lowest BCUT2D eigenvalue weighted by atomic mass is 10.1. The largest absolute Gasteiger partial charge is 0.491 e. The molecule has 1 fully saturated rings. The van der Waals surface area contributed by atoms with Gasteiger partial charge in [0.1, 0.15) is 12.4 Å². The summed E-state index contributed by atoms with van der Waals surface area (Å²) < 4.78 is 11.1. The Hall–Kier alpha value is -2.74. The van der Waals surface area contributed by atoms with Crippen LogP contribution in [-0.2, 0) is 4.74 Å². The fourth-order valence-corrected chi connectivity index (χ4v) is 3.11. The highest BCUT2D eigenvalue weighted by Gasteiger charge is 2.11. The molecule has 0 spiro atoms. The Morgan fingerprint density at radius 1 is 1.21 bits per heavy atom. The maximum atomic E-state index is 12.2. The zero-order valence-electron chi connectivity index (χ0n) is 15.8. The number of morpholine rings is 1. The Morgan fingerprint density at radius 2 is 1.93 bits per heavy atom. The lowest BCUT2D eigenvalue weighted by Crippen LogP contribution is -2.38. The molecule has 1 heterocycles. The number of nitro groups is 1. The second-order valence-electron chi connectivity index (χ2n) is 6.49. The van der Waals surface area contributed by atoms with Crippen LogP contribution in [0.5, 0.6) is 5.75 Å². The molecule has 0 aromatic heterocycles. The van der Waals surface area contributed by atoms with Crippen molar-refractivity contribution >= 4 is 29.1 Å². The van der Waals surface area contributed by atoms with Gasteiger partial charge in [0.25, 0.3) is 5.69 Å². The van der Waals surface area contributed by atoms with Gasteiger partial charge in [-0.2, -0.15) is 0 Å². The van der Waals surface area contributed by atoms with Crippen LogP contribution >= 0.6 is 11.6 Å². The molecule has 7 nitrogen and oxygen atoms in total. The van der Waals surface area contributed by atoms with E-state index < -0.39 is 4.92 Å². The minimum atomic E-state index is -0.503. The average molecular weight is 417 g/mol. The standard InChI is InChI=1S/C21H21ClN2O5/c22-19-15-16(1-7-20(25)17-3-5-18(6-4-17)24(26)27)2-8-21(19)29-14-11-23-9-12-28-13-10-23/h1-8,15H,9-14H2. The fraction of sp³-hybridized carbons (Fsp3) is 0.286. The predicted octanol–water partition coefficient (Wildman–Crippen LogP) is 3.86. The summed E-state index contributed by atoms with van der Waals surface area (Å²) in [6.45, 7) is 4.66. The van der Waals surface area contributed by atoms with Crippen LogP contribution in [0, 0.1) is 10.1 Å². The van der Waals surface area contributed by atoms with E-state index >= 15 is 0 Å². The normalized spacial score (nSPS) is 14.8. The molecule has 1 aliphatic rings. The van der Waals surface area contributed by atoms with Gasteiger partial charge in [-0.15, -0.1) is 0 Å². The summed E-state index contributed by atoms with van der Waals surface area (Å²) >= 11 is 6.29. The summed E-state index contributed by atoms with van der Waals surface area (Å²) in [6, 6.07) is 10.8. The molecule has 8 heteroatoms. The number of allylic oxidation sites excluding steroid dienone is 1. The molecule has 1 saturated heterocycles. The molecule has 0 atom stereocenters. The molecule has 0 aliphatic carbocycles. The number of hydrogen-bond acceptors (Lipinski definition) is 6. The van der Waals surface area contributed by atoms with E-state index in [0.717, 1.165) is 38.4 Å². The molecule has 2 aromatic rings. The third-order valence-electron chi connectivity index (χ3n) is 4.51. The highest BCUT2D eigenvalue weighted by atomic mass is 35.5.